The highest BCUT2D eigenvalue weighted by Crippen LogP contribution is 2.23. The van der Waals surface area contributed by atoms with Crippen molar-refractivity contribution in [3.8, 4) is 5.75 Å². The first-order valence-corrected chi connectivity index (χ1v) is 7.33. The van der Waals surface area contributed by atoms with E-state index in [1.54, 1.807) is 0 Å². The van der Waals surface area contributed by atoms with Crippen molar-refractivity contribution in [2.75, 3.05) is 33.3 Å². The second-order valence-corrected chi connectivity index (χ2v) is 5.38. The van der Waals surface area contributed by atoms with Crippen LogP contribution in [-0.2, 0) is 0 Å². The topological polar surface area (TPSA) is 41.6 Å². The number of hydrogen-bond acceptors (Lipinski definition) is 3. The summed E-state index contributed by atoms with van der Waals surface area (Å²) in [4.78, 5) is 14.5. The van der Waals surface area contributed by atoms with Crippen LogP contribution >= 0.6 is 0 Å². The maximum atomic E-state index is 12.5. The van der Waals surface area contributed by atoms with Crippen LogP contribution in [0.4, 0.5) is 0 Å². The van der Waals surface area contributed by atoms with Gasteiger partial charge in [0.15, 0.2) is 0 Å². The van der Waals surface area contributed by atoms with Gasteiger partial charge in [-0.1, -0.05) is 6.07 Å². The predicted octanol–water partition coefficient (Wildman–Crippen LogP) is 2.08. The molecule has 1 heterocycles. The van der Waals surface area contributed by atoms with Crippen LogP contribution in [-0.4, -0.2) is 44.1 Å². The number of rotatable bonds is 5. The molecule has 0 aliphatic carbocycles. The van der Waals surface area contributed by atoms with Crippen LogP contribution in [0, 0.1) is 12.8 Å². The Morgan fingerprint density at radius 1 is 1.50 bits per heavy atom. The quantitative estimate of drug-likeness (QED) is 0.895. The minimum atomic E-state index is 0.115. The number of nitrogens with zero attached hydrogens (tertiary/aromatic N) is 1. The number of hydrogen-bond donors (Lipinski definition) is 1. The van der Waals surface area contributed by atoms with Gasteiger partial charge < -0.3 is 15.0 Å². The molecule has 4 nitrogen and oxygen atoms in total. The lowest BCUT2D eigenvalue weighted by Crippen LogP contribution is -2.30. The smallest absolute Gasteiger partial charge is 0.253 e. The van der Waals surface area contributed by atoms with E-state index < -0.39 is 0 Å². The van der Waals surface area contributed by atoms with Crippen LogP contribution in [0.3, 0.4) is 0 Å². The first-order chi connectivity index (χ1) is 9.65. The lowest BCUT2D eigenvalue weighted by molar-refractivity contribution is 0.0786. The van der Waals surface area contributed by atoms with E-state index in [4.69, 9.17) is 4.74 Å². The van der Waals surface area contributed by atoms with Gasteiger partial charge in [0.1, 0.15) is 5.75 Å². The van der Waals surface area contributed by atoms with E-state index >= 15 is 0 Å². The predicted molar refractivity (Wildman–Crippen MR) is 80.3 cm³/mol. The molecule has 0 radical (unpaired) electrons. The van der Waals surface area contributed by atoms with Gasteiger partial charge in [-0.15, -0.1) is 0 Å². The highest BCUT2D eigenvalue weighted by Gasteiger charge is 2.26. The van der Waals surface area contributed by atoms with Crippen molar-refractivity contribution in [3.63, 3.8) is 0 Å². The molecule has 4 heteroatoms. The van der Waals surface area contributed by atoms with E-state index in [1.165, 1.54) is 0 Å². The van der Waals surface area contributed by atoms with Crippen LogP contribution in [0.25, 0.3) is 0 Å². The fourth-order valence-electron chi connectivity index (χ4n) is 2.70. The maximum absolute atomic E-state index is 12.5. The van der Waals surface area contributed by atoms with E-state index in [-0.39, 0.29) is 5.91 Å². The Balaban J connectivity index is 2.08. The average Bonchev–Trinajstić information content (AvgIpc) is 2.90. The van der Waals surface area contributed by atoms with E-state index in [2.05, 4.69) is 5.32 Å². The average molecular weight is 276 g/mol. The van der Waals surface area contributed by atoms with E-state index in [0.717, 1.165) is 42.9 Å². The molecule has 1 fully saturated rings. The molecule has 0 bridgehead atoms. The molecule has 1 atom stereocenters. The summed E-state index contributed by atoms with van der Waals surface area (Å²) in [6, 6.07) is 5.72. The largest absolute Gasteiger partial charge is 0.494 e. The van der Waals surface area contributed by atoms with Gasteiger partial charge in [-0.25, -0.2) is 0 Å². The van der Waals surface area contributed by atoms with Gasteiger partial charge in [0.25, 0.3) is 5.91 Å². The summed E-state index contributed by atoms with van der Waals surface area (Å²) in [5.41, 5.74) is 1.79. The molecule has 1 N–H and O–H groups in total. The summed E-state index contributed by atoms with van der Waals surface area (Å²) in [5, 5.41) is 3.18. The molecule has 1 aromatic carbocycles. The van der Waals surface area contributed by atoms with E-state index in [0.29, 0.717) is 12.5 Å². The van der Waals surface area contributed by atoms with Crippen molar-refractivity contribution in [1.82, 2.24) is 10.2 Å². The minimum absolute atomic E-state index is 0.115. The molecule has 1 saturated heterocycles. The summed E-state index contributed by atoms with van der Waals surface area (Å²) in [6.07, 6.45) is 1.08. The summed E-state index contributed by atoms with van der Waals surface area (Å²) < 4.78 is 5.57. The summed E-state index contributed by atoms with van der Waals surface area (Å²) in [7, 11) is 1.96. The molecule has 0 saturated carbocycles. The van der Waals surface area contributed by atoms with Crippen LogP contribution in [0.1, 0.15) is 29.3 Å². The zero-order valence-corrected chi connectivity index (χ0v) is 12.6. The molecule has 1 aliphatic rings. The molecule has 1 aromatic rings. The number of carbonyl (C=O) groups excluding carboxylic acids is 1. The van der Waals surface area contributed by atoms with Crippen molar-refractivity contribution in [2.45, 2.75) is 20.3 Å². The third-order valence-corrected chi connectivity index (χ3v) is 3.80. The fourth-order valence-corrected chi connectivity index (χ4v) is 2.70. The highest BCUT2D eigenvalue weighted by atomic mass is 16.5. The lowest BCUT2D eigenvalue weighted by atomic mass is 10.1. The first-order valence-electron chi connectivity index (χ1n) is 7.33. The Labute approximate surface area is 121 Å². The van der Waals surface area contributed by atoms with Gasteiger partial charge in [-0.2, -0.15) is 0 Å². The number of ether oxygens (including phenoxy) is 1. The van der Waals surface area contributed by atoms with Crippen molar-refractivity contribution in [1.29, 1.82) is 0 Å². The number of carbonyl (C=O) groups is 1. The Hall–Kier alpha value is -1.55. The normalized spacial score (nSPS) is 18.4. The van der Waals surface area contributed by atoms with Crippen molar-refractivity contribution in [2.24, 2.45) is 5.92 Å². The molecule has 2 rings (SSSR count). The van der Waals surface area contributed by atoms with Crippen molar-refractivity contribution in [3.05, 3.63) is 29.3 Å². The minimum Gasteiger partial charge on any atom is -0.494 e. The number of likely N-dealkylation sites (tertiary alicyclic amines) is 1. The summed E-state index contributed by atoms with van der Waals surface area (Å²) in [5.74, 6) is 1.50. The molecule has 1 aliphatic heterocycles. The second kappa shape index (κ2) is 6.75. The molecular formula is C16H24N2O2. The van der Waals surface area contributed by atoms with Crippen LogP contribution < -0.4 is 10.1 Å². The maximum Gasteiger partial charge on any atom is 0.253 e. The van der Waals surface area contributed by atoms with Gasteiger partial charge >= 0.3 is 0 Å². The molecule has 20 heavy (non-hydrogen) atoms. The summed E-state index contributed by atoms with van der Waals surface area (Å²) >= 11 is 0. The number of benzene rings is 1. The lowest BCUT2D eigenvalue weighted by Gasteiger charge is -2.17. The number of amides is 1. The highest BCUT2D eigenvalue weighted by molar-refractivity contribution is 5.95. The van der Waals surface area contributed by atoms with Gasteiger partial charge in [0.05, 0.1) is 6.61 Å². The van der Waals surface area contributed by atoms with Gasteiger partial charge in [-0.3, -0.25) is 4.79 Å². The Bertz CT molecular complexity index is 474. The molecular weight excluding hydrogens is 252 g/mol. The van der Waals surface area contributed by atoms with Gasteiger partial charge in [0, 0.05) is 18.7 Å². The molecule has 1 amide bonds. The third-order valence-electron chi connectivity index (χ3n) is 3.80. The summed E-state index contributed by atoms with van der Waals surface area (Å²) in [6.45, 7) is 7.24. The third kappa shape index (κ3) is 3.31. The van der Waals surface area contributed by atoms with Crippen molar-refractivity contribution >= 4 is 5.91 Å². The first kappa shape index (κ1) is 14.9. The number of nitrogens with one attached hydrogen (secondary N) is 1. The molecule has 0 spiro atoms. The van der Waals surface area contributed by atoms with E-state index in [1.807, 2.05) is 44.0 Å². The van der Waals surface area contributed by atoms with Crippen molar-refractivity contribution < 1.29 is 9.53 Å². The van der Waals surface area contributed by atoms with Crippen LogP contribution in [0.15, 0.2) is 18.2 Å². The standard InChI is InChI=1S/C16H24N2O2/c1-4-20-15-9-14(6-5-12(15)2)16(19)18-8-7-13(11-18)10-17-3/h5-6,9,13,17H,4,7-8,10-11H2,1-3H3/t13-/m0/s1. The molecule has 0 aromatic heterocycles. The van der Waals surface area contributed by atoms with Crippen LogP contribution in [0.5, 0.6) is 5.75 Å². The zero-order valence-electron chi connectivity index (χ0n) is 12.6. The van der Waals surface area contributed by atoms with E-state index in [9.17, 15) is 4.79 Å². The van der Waals surface area contributed by atoms with Gasteiger partial charge in [-0.05, 0) is 57.5 Å². The fraction of sp³-hybridized carbons (Fsp3) is 0.562. The molecule has 0 unspecified atom stereocenters. The van der Waals surface area contributed by atoms with Gasteiger partial charge in [0.2, 0.25) is 0 Å². The second-order valence-electron chi connectivity index (χ2n) is 5.38. The Morgan fingerprint density at radius 3 is 3.00 bits per heavy atom. The monoisotopic (exact) mass is 276 g/mol. The SMILES string of the molecule is CCOc1cc(C(=O)N2CC[C@@H](CNC)C2)ccc1C. The van der Waals surface area contributed by atoms with Crippen LogP contribution in [0.2, 0.25) is 0 Å². The Morgan fingerprint density at radius 2 is 2.30 bits per heavy atom. The number of aryl methyl sites for hydroxylation is 1. The Kier molecular flexibility index (Phi) is 5.01. The molecule has 110 valence electrons. The zero-order chi connectivity index (χ0) is 14.5.